The van der Waals surface area contributed by atoms with Crippen molar-refractivity contribution in [1.29, 1.82) is 0 Å². The fraction of sp³-hybridized carbons (Fsp3) is 0.393. The normalized spacial score (nSPS) is 18.7. The first-order valence-corrected chi connectivity index (χ1v) is 12.6. The molecule has 1 aromatic heterocycles. The van der Waals surface area contributed by atoms with Crippen molar-refractivity contribution in [3.05, 3.63) is 93.4 Å². The first kappa shape index (κ1) is 23.7. The summed E-state index contributed by atoms with van der Waals surface area (Å²) in [6, 6.07) is 20.9. The molecule has 2 heterocycles. The molecule has 174 valence electrons. The molecule has 0 spiro atoms. The summed E-state index contributed by atoms with van der Waals surface area (Å²) in [6.07, 6.45) is 0. The smallest absolute Gasteiger partial charge is 0.253 e. The Kier molecular flexibility index (Phi) is 7.61. The summed E-state index contributed by atoms with van der Waals surface area (Å²) in [4.78, 5) is 20.6. The predicted octanol–water partition coefficient (Wildman–Crippen LogP) is 6.21. The highest BCUT2D eigenvalue weighted by Gasteiger charge is 2.36. The van der Waals surface area contributed by atoms with Gasteiger partial charge in [0.05, 0.1) is 0 Å². The van der Waals surface area contributed by atoms with E-state index in [0.717, 1.165) is 37.3 Å². The Bertz CT molecular complexity index is 1050. The van der Waals surface area contributed by atoms with E-state index in [-0.39, 0.29) is 17.6 Å². The standard InChI is InChI=1S/C28H33FN2OS/c1-20(2)15-31(28(32)23-7-5-4-6-8-23)17-24-16-30(18-26-14-9-21(3)33-26)19-27(24)22-10-12-25(29)13-11-22/h4-14,20,24,27H,15-19H2,1-3H3/t24-,27-/m0/s1. The van der Waals surface area contributed by atoms with Crippen LogP contribution in [0.5, 0.6) is 0 Å². The van der Waals surface area contributed by atoms with Crippen LogP contribution in [0.25, 0.3) is 0 Å². The first-order valence-electron chi connectivity index (χ1n) is 11.8. The molecule has 1 fully saturated rings. The Morgan fingerprint density at radius 1 is 1.06 bits per heavy atom. The number of amides is 1. The summed E-state index contributed by atoms with van der Waals surface area (Å²) in [6.45, 7) is 10.6. The molecule has 3 aromatic rings. The molecule has 1 amide bonds. The Labute approximate surface area is 200 Å². The SMILES string of the molecule is Cc1ccc(CN2C[C@@H](CN(CC(C)C)C(=O)c3ccccc3)[C@H](c3ccc(F)cc3)C2)s1. The van der Waals surface area contributed by atoms with Gasteiger partial charge in [-0.2, -0.15) is 0 Å². The van der Waals surface area contributed by atoms with Crippen LogP contribution in [0.3, 0.4) is 0 Å². The average molecular weight is 465 g/mol. The third-order valence-corrected chi connectivity index (χ3v) is 7.32. The Morgan fingerprint density at radius 3 is 2.42 bits per heavy atom. The van der Waals surface area contributed by atoms with Gasteiger partial charge < -0.3 is 4.90 Å². The van der Waals surface area contributed by atoms with E-state index < -0.39 is 0 Å². The number of thiophene rings is 1. The van der Waals surface area contributed by atoms with Crippen LogP contribution in [0, 0.1) is 24.6 Å². The first-order chi connectivity index (χ1) is 15.9. The molecule has 0 unspecified atom stereocenters. The maximum absolute atomic E-state index is 13.6. The molecule has 0 aliphatic carbocycles. The van der Waals surface area contributed by atoms with Crippen LogP contribution in [-0.4, -0.2) is 41.9 Å². The van der Waals surface area contributed by atoms with Crippen LogP contribution in [0.4, 0.5) is 4.39 Å². The molecule has 4 rings (SSSR count). The maximum atomic E-state index is 13.6. The Balaban J connectivity index is 1.57. The van der Waals surface area contributed by atoms with Gasteiger partial charge in [0.1, 0.15) is 5.82 Å². The van der Waals surface area contributed by atoms with E-state index in [1.165, 1.54) is 9.75 Å². The van der Waals surface area contributed by atoms with Gasteiger partial charge in [-0.1, -0.05) is 44.2 Å². The van der Waals surface area contributed by atoms with Crippen LogP contribution in [0.15, 0.2) is 66.7 Å². The van der Waals surface area contributed by atoms with Gasteiger partial charge in [0.2, 0.25) is 0 Å². The lowest BCUT2D eigenvalue weighted by Gasteiger charge is -2.30. The monoisotopic (exact) mass is 464 g/mol. The fourth-order valence-corrected chi connectivity index (χ4v) is 5.81. The molecule has 1 aliphatic heterocycles. The van der Waals surface area contributed by atoms with Crippen molar-refractivity contribution in [2.24, 2.45) is 11.8 Å². The predicted molar refractivity (Wildman–Crippen MR) is 134 cm³/mol. The third-order valence-electron chi connectivity index (χ3n) is 6.34. The lowest BCUT2D eigenvalue weighted by atomic mass is 9.88. The van der Waals surface area contributed by atoms with E-state index in [9.17, 15) is 9.18 Å². The van der Waals surface area contributed by atoms with E-state index >= 15 is 0 Å². The minimum Gasteiger partial charge on any atom is -0.338 e. The summed E-state index contributed by atoms with van der Waals surface area (Å²) in [5.74, 6) is 0.829. The number of aryl methyl sites for hydroxylation is 1. The lowest BCUT2D eigenvalue weighted by Crippen LogP contribution is -2.39. The molecule has 0 N–H and O–H groups in total. The van der Waals surface area contributed by atoms with Crippen molar-refractivity contribution in [1.82, 2.24) is 9.80 Å². The zero-order chi connectivity index (χ0) is 23.4. The average Bonchev–Trinajstić information content (AvgIpc) is 3.39. The van der Waals surface area contributed by atoms with Crippen molar-refractivity contribution in [3.8, 4) is 0 Å². The van der Waals surface area contributed by atoms with E-state index in [4.69, 9.17) is 0 Å². The largest absolute Gasteiger partial charge is 0.338 e. The number of rotatable bonds is 8. The molecule has 2 aromatic carbocycles. The molecule has 0 bridgehead atoms. The molecule has 33 heavy (non-hydrogen) atoms. The molecule has 1 aliphatic rings. The van der Waals surface area contributed by atoms with E-state index in [1.54, 1.807) is 12.1 Å². The van der Waals surface area contributed by atoms with Gasteiger partial charge in [-0.3, -0.25) is 9.69 Å². The summed E-state index contributed by atoms with van der Waals surface area (Å²) < 4.78 is 13.6. The lowest BCUT2D eigenvalue weighted by molar-refractivity contribution is 0.0703. The topological polar surface area (TPSA) is 23.6 Å². The number of carbonyl (C=O) groups is 1. The number of benzene rings is 2. The van der Waals surface area contributed by atoms with E-state index in [0.29, 0.717) is 18.4 Å². The van der Waals surface area contributed by atoms with Crippen molar-refractivity contribution in [2.75, 3.05) is 26.2 Å². The van der Waals surface area contributed by atoms with Crippen LogP contribution in [-0.2, 0) is 6.54 Å². The van der Waals surface area contributed by atoms with Crippen LogP contribution < -0.4 is 0 Å². The number of halogens is 1. The second kappa shape index (κ2) is 10.6. The number of nitrogens with zero attached hydrogens (tertiary/aromatic N) is 2. The highest BCUT2D eigenvalue weighted by Crippen LogP contribution is 2.35. The molecule has 0 radical (unpaired) electrons. The number of hydrogen-bond acceptors (Lipinski definition) is 3. The second-order valence-electron chi connectivity index (χ2n) is 9.59. The van der Waals surface area contributed by atoms with Gasteiger partial charge in [0.15, 0.2) is 0 Å². The van der Waals surface area contributed by atoms with Crippen LogP contribution in [0.2, 0.25) is 0 Å². The maximum Gasteiger partial charge on any atom is 0.253 e. The highest BCUT2D eigenvalue weighted by molar-refractivity contribution is 7.11. The summed E-state index contributed by atoms with van der Waals surface area (Å²) in [5, 5.41) is 0. The molecule has 5 heteroatoms. The van der Waals surface area contributed by atoms with Crippen molar-refractivity contribution in [2.45, 2.75) is 33.2 Å². The molecule has 1 saturated heterocycles. The summed E-state index contributed by atoms with van der Waals surface area (Å²) in [5.41, 5.74) is 1.89. The minimum atomic E-state index is -0.208. The summed E-state index contributed by atoms with van der Waals surface area (Å²) in [7, 11) is 0. The summed E-state index contributed by atoms with van der Waals surface area (Å²) >= 11 is 1.84. The molecule has 3 nitrogen and oxygen atoms in total. The Morgan fingerprint density at radius 2 is 1.79 bits per heavy atom. The Hall–Kier alpha value is -2.50. The number of likely N-dealkylation sites (tertiary alicyclic amines) is 1. The van der Waals surface area contributed by atoms with Crippen molar-refractivity contribution >= 4 is 17.2 Å². The van der Waals surface area contributed by atoms with Gasteiger partial charge in [-0.15, -0.1) is 11.3 Å². The highest BCUT2D eigenvalue weighted by atomic mass is 32.1. The van der Waals surface area contributed by atoms with Gasteiger partial charge in [0, 0.05) is 54.0 Å². The number of hydrogen-bond donors (Lipinski definition) is 0. The van der Waals surface area contributed by atoms with Crippen molar-refractivity contribution in [3.63, 3.8) is 0 Å². The second-order valence-corrected chi connectivity index (χ2v) is 11.0. The molecular formula is C28H33FN2OS. The fourth-order valence-electron chi connectivity index (χ4n) is 4.88. The van der Waals surface area contributed by atoms with E-state index in [1.807, 2.05) is 58.7 Å². The van der Waals surface area contributed by atoms with Gasteiger partial charge in [-0.05, 0) is 60.7 Å². The van der Waals surface area contributed by atoms with Crippen LogP contribution in [0.1, 0.15) is 45.4 Å². The molecule has 2 atom stereocenters. The zero-order valence-electron chi connectivity index (χ0n) is 19.7. The third kappa shape index (κ3) is 6.10. The van der Waals surface area contributed by atoms with Gasteiger partial charge in [-0.25, -0.2) is 4.39 Å². The molecular weight excluding hydrogens is 431 g/mol. The number of carbonyl (C=O) groups excluding carboxylic acids is 1. The zero-order valence-corrected chi connectivity index (χ0v) is 20.5. The molecule has 0 saturated carbocycles. The van der Waals surface area contributed by atoms with Crippen molar-refractivity contribution < 1.29 is 9.18 Å². The van der Waals surface area contributed by atoms with Gasteiger partial charge >= 0.3 is 0 Å². The van der Waals surface area contributed by atoms with Crippen LogP contribution >= 0.6 is 11.3 Å². The minimum absolute atomic E-state index is 0.0921. The van der Waals surface area contributed by atoms with E-state index in [2.05, 4.69) is 37.8 Å². The quantitative estimate of drug-likeness (QED) is 0.396. The van der Waals surface area contributed by atoms with Gasteiger partial charge in [0.25, 0.3) is 5.91 Å².